The van der Waals surface area contributed by atoms with E-state index in [1.165, 1.54) is 24.3 Å². The molecule has 0 aromatic heterocycles. The lowest BCUT2D eigenvalue weighted by Crippen LogP contribution is -2.32. The predicted molar refractivity (Wildman–Crippen MR) is 139 cm³/mol. The molecule has 188 valence electrons. The molecule has 3 aromatic rings. The van der Waals surface area contributed by atoms with E-state index in [1.54, 1.807) is 62.6 Å². The van der Waals surface area contributed by atoms with E-state index in [-0.39, 0.29) is 28.9 Å². The largest absolute Gasteiger partial charge is 0.497 e. The molecule has 37 heavy (non-hydrogen) atoms. The molecule has 0 unspecified atom stereocenters. The van der Waals surface area contributed by atoms with E-state index in [9.17, 15) is 19.2 Å². The van der Waals surface area contributed by atoms with Crippen LogP contribution in [0.1, 0.15) is 27.6 Å². The summed E-state index contributed by atoms with van der Waals surface area (Å²) in [6.45, 7) is 1.92. The van der Waals surface area contributed by atoms with Gasteiger partial charge in [-0.25, -0.2) is 9.69 Å². The number of amides is 3. The van der Waals surface area contributed by atoms with Gasteiger partial charge in [0.2, 0.25) is 0 Å². The number of imide groups is 1. The normalized spacial score (nSPS) is 13.0. The smallest absolute Gasteiger partial charge is 0.338 e. The third-order valence-corrected chi connectivity index (χ3v) is 5.78. The summed E-state index contributed by atoms with van der Waals surface area (Å²) >= 11 is 6.19. The van der Waals surface area contributed by atoms with Crippen molar-refractivity contribution in [2.24, 2.45) is 0 Å². The average Bonchev–Trinajstić information content (AvgIpc) is 3.12. The van der Waals surface area contributed by atoms with Gasteiger partial charge in [-0.3, -0.25) is 14.4 Å². The van der Waals surface area contributed by atoms with Crippen LogP contribution in [0.15, 0.2) is 83.5 Å². The molecule has 3 aromatic carbocycles. The first-order valence-corrected chi connectivity index (χ1v) is 11.6. The summed E-state index contributed by atoms with van der Waals surface area (Å²) in [7, 11) is 1.56. The molecule has 1 aliphatic rings. The first-order valence-electron chi connectivity index (χ1n) is 11.2. The lowest BCUT2D eigenvalue weighted by Gasteiger charge is -2.15. The molecule has 10 heteroatoms. The number of hydrogen-bond acceptors (Lipinski definition) is 7. The highest BCUT2D eigenvalue weighted by Gasteiger charge is 2.39. The Balaban J connectivity index is 1.44. The maximum atomic E-state index is 13.0. The first-order chi connectivity index (χ1) is 17.8. The van der Waals surface area contributed by atoms with Gasteiger partial charge in [0, 0.05) is 16.9 Å². The molecule has 0 fully saturated rings. The van der Waals surface area contributed by atoms with Gasteiger partial charge < -0.3 is 20.1 Å². The lowest BCUT2D eigenvalue weighted by atomic mass is 10.2. The summed E-state index contributed by atoms with van der Waals surface area (Å²) < 4.78 is 10.0. The van der Waals surface area contributed by atoms with E-state index in [0.29, 0.717) is 28.3 Å². The maximum Gasteiger partial charge on any atom is 0.338 e. The molecule has 0 bridgehead atoms. The van der Waals surface area contributed by atoms with Crippen LogP contribution in [0, 0.1) is 0 Å². The van der Waals surface area contributed by atoms with Crippen molar-refractivity contribution in [2.75, 3.05) is 29.3 Å². The molecule has 0 radical (unpaired) electrons. The van der Waals surface area contributed by atoms with Gasteiger partial charge in [-0.1, -0.05) is 11.6 Å². The quantitative estimate of drug-likeness (QED) is 0.331. The predicted octanol–water partition coefficient (Wildman–Crippen LogP) is 4.56. The van der Waals surface area contributed by atoms with Crippen molar-refractivity contribution in [1.82, 2.24) is 0 Å². The summed E-state index contributed by atoms with van der Waals surface area (Å²) in [5.41, 5.74) is 1.89. The highest BCUT2D eigenvalue weighted by atomic mass is 35.5. The highest BCUT2D eigenvalue weighted by Crippen LogP contribution is 2.30. The molecule has 9 nitrogen and oxygen atoms in total. The van der Waals surface area contributed by atoms with Crippen molar-refractivity contribution in [3.05, 3.63) is 94.7 Å². The number of nitrogens with one attached hydrogen (secondary N) is 2. The van der Waals surface area contributed by atoms with Gasteiger partial charge in [0.1, 0.15) is 16.5 Å². The molecule has 1 heterocycles. The van der Waals surface area contributed by atoms with E-state index < -0.39 is 17.8 Å². The van der Waals surface area contributed by atoms with Crippen LogP contribution in [-0.4, -0.2) is 37.4 Å². The lowest BCUT2D eigenvalue weighted by molar-refractivity contribution is -0.120. The van der Waals surface area contributed by atoms with Crippen molar-refractivity contribution in [1.29, 1.82) is 0 Å². The Kier molecular flexibility index (Phi) is 7.55. The van der Waals surface area contributed by atoms with E-state index in [0.717, 1.165) is 4.90 Å². The standard InChI is InChI=1S/C27H22ClN3O6/c1-3-37-27(35)17-6-12-20(13-7-17)31-25(33)22(28)23(26(31)34)29-18-8-4-16(5-9-18)24(32)30-19-10-14-21(36-2)15-11-19/h4-15,29H,3H2,1-2H3,(H,30,32). The number of carbonyl (C=O) groups excluding carboxylic acids is 4. The summed E-state index contributed by atoms with van der Waals surface area (Å²) in [5, 5.41) is 5.37. The summed E-state index contributed by atoms with van der Waals surface area (Å²) in [6, 6.07) is 19.1. The van der Waals surface area contributed by atoms with Crippen LogP contribution >= 0.6 is 11.6 Å². The fourth-order valence-corrected chi connectivity index (χ4v) is 3.75. The van der Waals surface area contributed by atoms with Crippen molar-refractivity contribution in [2.45, 2.75) is 6.92 Å². The van der Waals surface area contributed by atoms with Crippen LogP contribution in [0.25, 0.3) is 0 Å². The van der Waals surface area contributed by atoms with Crippen LogP contribution in [0.2, 0.25) is 0 Å². The number of ether oxygens (including phenoxy) is 2. The number of anilines is 3. The molecular formula is C27H22ClN3O6. The average molecular weight is 520 g/mol. The van der Waals surface area contributed by atoms with Gasteiger partial charge in [0.25, 0.3) is 17.7 Å². The molecular weight excluding hydrogens is 498 g/mol. The van der Waals surface area contributed by atoms with Gasteiger partial charge in [0.15, 0.2) is 0 Å². The highest BCUT2D eigenvalue weighted by molar-refractivity contribution is 6.53. The summed E-state index contributed by atoms with van der Waals surface area (Å²) in [4.78, 5) is 51.0. The van der Waals surface area contributed by atoms with Crippen molar-refractivity contribution in [3.63, 3.8) is 0 Å². The van der Waals surface area contributed by atoms with Crippen molar-refractivity contribution >= 4 is 52.4 Å². The van der Waals surface area contributed by atoms with Gasteiger partial charge in [-0.2, -0.15) is 0 Å². The van der Waals surface area contributed by atoms with Gasteiger partial charge in [-0.05, 0) is 79.7 Å². The number of hydrogen-bond donors (Lipinski definition) is 2. The van der Waals surface area contributed by atoms with Gasteiger partial charge in [-0.15, -0.1) is 0 Å². The van der Waals surface area contributed by atoms with Crippen molar-refractivity contribution in [3.8, 4) is 5.75 Å². The molecule has 2 N–H and O–H groups in total. The molecule has 0 saturated heterocycles. The molecule has 4 rings (SSSR count). The zero-order chi connectivity index (χ0) is 26.5. The summed E-state index contributed by atoms with van der Waals surface area (Å²) in [5.74, 6) is -1.51. The molecule has 0 spiro atoms. The minimum absolute atomic E-state index is 0.100. The minimum atomic E-state index is -0.700. The number of rotatable bonds is 8. The molecule has 3 amide bonds. The summed E-state index contributed by atoms with van der Waals surface area (Å²) in [6.07, 6.45) is 0. The van der Waals surface area contributed by atoms with Crippen LogP contribution in [-0.2, 0) is 14.3 Å². The number of halogens is 1. The zero-order valence-electron chi connectivity index (χ0n) is 19.9. The number of carbonyl (C=O) groups is 4. The Bertz CT molecular complexity index is 1380. The Hall–Kier alpha value is -4.63. The monoisotopic (exact) mass is 519 g/mol. The van der Waals surface area contributed by atoms with E-state index >= 15 is 0 Å². The number of methoxy groups -OCH3 is 1. The third-order valence-electron chi connectivity index (χ3n) is 5.43. The second kappa shape index (κ2) is 11.0. The number of esters is 1. The number of nitrogens with zero attached hydrogens (tertiary/aromatic N) is 1. The van der Waals surface area contributed by atoms with Gasteiger partial charge >= 0.3 is 5.97 Å². The molecule has 0 saturated carbocycles. The molecule has 1 aliphatic heterocycles. The fourth-order valence-electron chi connectivity index (χ4n) is 3.53. The van der Waals surface area contributed by atoms with Crippen LogP contribution in [0.5, 0.6) is 5.75 Å². The maximum absolute atomic E-state index is 13.0. The first kappa shape index (κ1) is 25.5. The fraction of sp³-hybridized carbons (Fsp3) is 0.111. The Labute approximate surface area is 217 Å². The van der Waals surface area contributed by atoms with Gasteiger partial charge in [0.05, 0.1) is 25.0 Å². The number of benzene rings is 3. The van der Waals surface area contributed by atoms with E-state index in [4.69, 9.17) is 21.1 Å². The minimum Gasteiger partial charge on any atom is -0.497 e. The van der Waals surface area contributed by atoms with Crippen molar-refractivity contribution < 1.29 is 28.7 Å². The third kappa shape index (κ3) is 5.46. The van der Waals surface area contributed by atoms with Crippen LogP contribution in [0.3, 0.4) is 0 Å². The van der Waals surface area contributed by atoms with E-state index in [1.807, 2.05) is 0 Å². The second-order valence-corrected chi connectivity index (χ2v) is 8.16. The second-order valence-electron chi connectivity index (χ2n) is 7.79. The van der Waals surface area contributed by atoms with Crippen LogP contribution in [0.4, 0.5) is 17.1 Å². The Morgan fingerprint density at radius 3 is 2.03 bits per heavy atom. The zero-order valence-corrected chi connectivity index (χ0v) is 20.7. The Morgan fingerprint density at radius 1 is 0.838 bits per heavy atom. The molecule has 0 aliphatic carbocycles. The van der Waals surface area contributed by atoms with Crippen LogP contribution < -0.4 is 20.3 Å². The SMILES string of the molecule is CCOC(=O)c1ccc(N2C(=O)C(Cl)=C(Nc3ccc(C(=O)Nc4ccc(OC)cc4)cc3)C2=O)cc1. The van der Waals surface area contributed by atoms with E-state index in [2.05, 4.69) is 10.6 Å². The molecule has 0 atom stereocenters. The topological polar surface area (TPSA) is 114 Å². The Morgan fingerprint density at radius 2 is 1.43 bits per heavy atom.